The third-order valence-electron chi connectivity index (χ3n) is 7.41. The van der Waals surface area contributed by atoms with E-state index in [1.54, 1.807) is 24.3 Å². The van der Waals surface area contributed by atoms with Crippen LogP contribution >= 0.6 is 0 Å². The summed E-state index contributed by atoms with van der Waals surface area (Å²) in [5, 5.41) is 8.76. The van der Waals surface area contributed by atoms with Gasteiger partial charge in [-0.05, 0) is 48.7 Å². The van der Waals surface area contributed by atoms with Crippen molar-refractivity contribution < 1.29 is 36.3 Å². The van der Waals surface area contributed by atoms with Crippen molar-refractivity contribution in [1.82, 2.24) is 9.21 Å². The van der Waals surface area contributed by atoms with E-state index in [0.717, 1.165) is 4.31 Å². The first-order chi connectivity index (χ1) is 16.0. The molecule has 1 heterocycles. The minimum atomic E-state index is -4.07. The Hall–Kier alpha value is -1.76. The molecule has 8 nitrogen and oxygen atoms in total. The molecular weight excluding hydrogens is 498 g/mol. The summed E-state index contributed by atoms with van der Waals surface area (Å²) >= 11 is 0. The highest BCUT2D eigenvalue weighted by molar-refractivity contribution is 7.90. The van der Waals surface area contributed by atoms with Crippen molar-refractivity contribution in [3.8, 4) is 5.75 Å². The van der Waals surface area contributed by atoms with Crippen molar-refractivity contribution in [3.05, 3.63) is 29.8 Å². The lowest BCUT2D eigenvalue weighted by Crippen LogP contribution is -2.54. The van der Waals surface area contributed by atoms with Crippen LogP contribution in [0.25, 0.3) is 0 Å². The molecule has 3 rings (SSSR count). The fourth-order valence-electron chi connectivity index (χ4n) is 3.91. The van der Waals surface area contributed by atoms with Gasteiger partial charge in [-0.25, -0.2) is 22.0 Å². The van der Waals surface area contributed by atoms with Crippen molar-refractivity contribution in [2.75, 3.05) is 20.3 Å². The van der Waals surface area contributed by atoms with E-state index in [4.69, 9.17) is 9.16 Å². The van der Waals surface area contributed by atoms with Crippen LogP contribution in [-0.2, 0) is 21.0 Å². The van der Waals surface area contributed by atoms with Crippen LogP contribution in [0.1, 0.15) is 39.2 Å². The number of alkyl halides is 2. The van der Waals surface area contributed by atoms with Gasteiger partial charge in [0.25, 0.3) is 5.92 Å². The first-order valence-corrected chi connectivity index (χ1v) is 16.1. The Kier molecular flexibility index (Phi) is 7.63. The van der Waals surface area contributed by atoms with Crippen LogP contribution in [0.15, 0.2) is 24.3 Å². The van der Waals surface area contributed by atoms with E-state index in [2.05, 4.69) is 0 Å². The Morgan fingerprint density at radius 1 is 1.23 bits per heavy atom. The van der Waals surface area contributed by atoms with Crippen molar-refractivity contribution >= 4 is 24.4 Å². The molecular formula is C23H36F2N2O6SSi. The van der Waals surface area contributed by atoms with Gasteiger partial charge in [0.05, 0.1) is 19.0 Å². The first-order valence-electron chi connectivity index (χ1n) is 11.7. The van der Waals surface area contributed by atoms with E-state index < -0.39 is 60.8 Å². The summed E-state index contributed by atoms with van der Waals surface area (Å²) in [7, 11) is -5.03. The fraction of sp³-hybridized carbons (Fsp3) is 0.696. The van der Waals surface area contributed by atoms with Gasteiger partial charge in [0.2, 0.25) is 10.0 Å². The van der Waals surface area contributed by atoms with Crippen LogP contribution < -0.4 is 4.74 Å². The number of amides is 1. The summed E-state index contributed by atoms with van der Waals surface area (Å²) in [6.07, 6.45) is -0.718. The molecule has 198 valence electrons. The molecule has 35 heavy (non-hydrogen) atoms. The Morgan fingerprint density at radius 2 is 1.80 bits per heavy atom. The van der Waals surface area contributed by atoms with Crippen LogP contribution in [-0.4, -0.2) is 80.7 Å². The molecule has 1 aromatic carbocycles. The number of benzene rings is 1. The quantitative estimate of drug-likeness (QED) is 0.473. The van der Waals surface area contributed by atoms with E-state index in [1.165, 1.54) is 7.11 Å². The fourth-order valence-corrected chi connectivity index (χ4v) is 6.92. The van der Waals surface area contributed by atoms with Gasteiger partial charge in [0.1, 0.15) is 17.8 Å². The molecule has 1 N–H and O–H groups in total. The van der Waals surface area contributed by atoms with Gasteiger partial charge in [-0.2, -0.15) is 4.31 Å². The van der Waals surface area contributed by atoms with E-state index in [9.17, 15) is 18.3 Å². The second kappa shape index (κ2) is 9.60. The molecule has 0 radical (unpaired) electrons. The number of likely N-dealkylation sites (tertiary alicyclic amines) is 1. The van der Waals surface area contributed by atoms with E-state index >= 15 is 8.78 Å². The second-order valence-corrected chi connectivity index (χ2v) is 17.8. The number of rotatable bonds is 9. The average molecular weight is 535 g/mol. The minimum Gasteiger partial charge on any atom is -0.497 e. The van der Waals surface area contributed by atoms with Crippen LogP contribution in [0, 0.1) is 0 Å². The van der Waals surface area contributed by atoms with Gasteiger partial charge in [0, 0.05) is 13.1 Å². The maximum atomic E-state index is 15.9. The van der Waals surface area contributed by atoms with E-state index in [0.29, 0.717) is 29.1 Å². The van der Waals surface area contributed by atoms with Crippen molar-refractivity contribution in [1.29, 1.82) is 0 Å². The summed E-state index contributed by atoms with van der Waals surface area (Å²) in [5.74, 6) is -3.09. The SMILES string of the molecule is COc1ccc(CN([C@@H]2CN(C(=O)O)[C@H](CO[Si](C)(C)C(C)(C)C)C2(F)F)S(=O)(=O)C2CC2)cc1. The summed E-state index contributed by atoms with van der Waals surface area (Å²) in [5.41, 5.74) is 0.508. The lowest BCUT2D eigenvalue weighted by molar-refractivity contribution is -0.0756. The predicted molar refractivity (Wildman–Crippen MR) is 131 cm³/mol. The smallest absolute Gasteiger partial charge is 0.407 e. The molecule has 0 unspecified atom stereocenters. The molecule has 0 bridgehead atoms. The van der Waals surface area contributed by atoms with Crippen LogP contribution in [0.2, 0.25) is 18.1 Å². The van der Waals surface area contributed by atoms with Crippen molar-refractivity contribution in [2.24, 2.45) is 0 Å². The molecule has 1 saturated carbocycles. The molecule has 2 aliphatic rings. The summed E-state index contributed by atoms with van der Waals surface area (Å²) in [4.78, 5) is 12.6. The highest BCUT2D eigenvalue weighted by atomic mass is 32.2. The standard InChI is InChI=1S/C23H36F2N2O6SSi/c1-22(2,3)35(5,6)33-15-20-23(24,25)19(14-26(20)21(28)29)27(34(30,31)18-11-12-18)13-16-7-9-17(32-4)10-8-16/h7-10,18-20H,11-15H2,1-6H3,(H,28,29)/t19-,20-/m1/s1. The predicted octanol–water partition coefficient (Wildman–Crippen LogP) is 4.38. The number of halogens is 2. The average Bonchev–Trinajstić information content (AvgIpc) is 3.56. The van der Waals surface area contributed by atoms with E-state index in [1.807, 2.05) is 33.9 Å². The summed E-state index contributed by atoms with van der Waals surface area (Å²) < 4.78 is 70.4. The van der Waals surface area contributed by atoms with Crippen molar-refractivity contribution in [3.63, 3.8) is 0 Å². The van der Waals surface area contributed by atoms with Gasteiger partial charge < -0.3 is 14.3 Å². The molecule has 1 aliphatic heterocycles. The number of carboxylic acid groups (broad SMARTS) is 1. The molecule has 2 atom stereocenters. The molecule has 0 aromatic heterocycles. The lowest BCUT2D eigenvalue weighted by Gasteiger charge is -2.38. The van der Waals surface area contributed by atoms with Gasteiger partial charge in [0.15, 0.2) is 8.32 Å². The zero-order chi connectivity index (χ0) is 26.4. The van der Waals surface area contributed by atoms with Crippen molar-refractivity contribution in [2.45, 2.75) is 81.5 Å². The van der Waals surface area contributed by atoms with Gasteiger partial charge in [-0.3, -0.25) is 4.90 Å². The number of nitrogens with zero attached hydrogens (tertiary/aromatic N) is 2. The highest BCUT2D eigenvalue weighted by Crippen LogP contribution is 2.44. The topological polar surface area (TPSA) is 96.4 Å². The Labute approximate surface area is 207 Å². The van der Waals surface area contributed by atoms with Gasteiger partial charge in [-0.1, -0.05) is 32.9 Å². The zero-order valence-corrected chi connectivity index (χ0v) is 22.9. The highest BCUT2D eigenvalue weighted by Gasteiger charge is 2.63. The Morgan fingerprint density at radius 3 is 2.26 bits per heavy atom. The Bertz CT molecular complexity index is 1030. The third-order valence-corrected chi connectivity index (χ3v) is 14.3. The number of carbonyl (C=O) groups is 1. The molecule has 2 fully saturated rings. The summed E-state index contributed by atoms with van der Waals surface area (Å²) in [6, 6.07) is 2.88. The number of methoxy groups -OCH3 is 1. The molecule has 1 amide bonds. The van der Waals surface area contributed by atoms with Crippen LogP contribution in [0.3, 0.4) is 0 Å². The molecule has 1 aromatic rings. The number of hydrogen-bond donors (Lipinski definition) is 1. The molecule has 1 aliphatic carbocycles. The number of hydrogen-bond acceptors (Lipinski definition) is 5. The third kappa shape index (κ3) is 5.65. The maximum absolute atomic E-state index is 15.9. The molecule has 0 spiro atoms. The minimum absolute atomic E-state index is 0.260. The van der Waals surface area contributed by atoms with Crippen LogP contribution in [0.5, 0.6) is 5.75 Å². The Balaban J connectivity index is 1.95. The largest absolute Gasteiger partial charge is 0.497 e. The second-order valence-electron chi connectivity index (χ2n) is 10.8. The maximum Gasteiger partial charge on any atom is 0.407 e. The van der Waals surface area contributed by atoms with Gasteiger partial charge >= 0.3 is 6.09 Å². The zero-order valence-electron chi connectivity index (χ0n) is 21.1. The van der Waals surface area contributed by atoms with E-state index in [-0.39, 0.29) is 11.6 Å². The normalized spacial score (nSPS) is 23.1. The molecule has 12 heteroatoms. The first kappa shape index (κ1) is 27.8. The van der Waals surface area contributed by atoms with Gasteiger partial charge in [-0.15, -0.1) is 0 Å². The van der Waals surface area contributed by atoms with Crippen LogP contribution in [0.4, 0.5) is 13.6 Å². The number of ether oxygens (including phenoxy) is 1. The lowest BCUT2D eigenvalue weighted by atomic mass is 10.1. The monoisotopic (exact) mass is 534 g/mol. The molecule has 1 saturated heterocycles. The summed E-state index contributed by atoms with van der Waals surface area (Å²) in [6.45, 7) is 8.27. The number of sulfonamides is 1.